The fourth-order valence-corrected chi connectivity index (χ4v) is 1.53. The maximum atomic E-state index is 11.2. The molecule has 0 unspecified atom stereocenters. The van der Waals surface area contributed by atoms with E-state index in [0.29, 0.717) is 0 Å². The van der Waals surface area contributed by atoms with Gasteiger partial charge in [-0.2, -0.15) is 0 Å². The zero-order valence-electron chi connectivity index (χ0n) is 7.41. The standard InChI is InChI=1S/C7H7ClNO2S.K/c1-2-12(10,11)6-3-4-7(8)9-5-6;/h3-4H,2H2,1H3;/q-1;+1. The van der Waals surface area contributed by atoms with Gasteiger partial charge in [0.25, 0.3) is 0 Å². The molecule has 3 nitrogen and oxygen atoms in total. The molecule has 0 atom stereocenters. The smallest absolute Gasteiger partial charge is 0.374 e. The average Bonchev–Trinajstić information content (AvgIpc) is 2.05. The topological polar surface area (TPSA) is 47.0 Å². The fourth-order valence-electron chi connectivity index (χ4n) is 0.656. The van der Waals surface area contributed by atoms with Gasteiger partial charge < -0.3 is 4.98 Å². The molecule has 0 radical (unpaired) electrons. The molecule has 1 rings (SSSR count). The molecular formula is C7H7ClKNO2S. The Morgan fingerprint density at radius 3 is 2.54 bits per heavy atom. The Morgan fingerprint density at radius 2 is 2.15 bits per heavy atom. The van der Waals surface area contributed by atoms with E-state index in [9.17, 15) is 8.42 Å². The summed E-state index contributed by atoms with van der Waals surface area (Å²) in [4.78, 5) is 3.65. The van der Waals surface area contributed by atoms with Crippen LogP contribution < -0.4 is 51.4 Å². The molecule has 1 heterocycles. The van der Waals surface area contributed by atoms with Crippen LogP contribution in [0.15, 0.2) is 17.0 Å². The Balaban J connectivity index is 0.00000144. The molecule has 0 spiro atoms. The van der Waals surface area contributed by atoms with E-state index >= 15 is 0 Å². The summed E-state index contributed by atoms with van der Waals surface area (Å²) in [6.07, 6.45) is 2.36. The van der Waals surface area contributed by atoms with Crippen LogP contribution in [0.5, 0.6) is 0 Å². The summed E-state index contributed by atoms with van der Waals surface area (Å²) < 4.78 is 22.4. The third kappa shape index (κ3) is 3.95. The molecule has 0 aliphatic heterocycles. The van der Waals surface area contributed by atoms with Crippen molar-refractivity contribution in [2.45, 2.75) is 11.8 Å². The zero-order valence-corrected chi connectivity index (χ0v) is 12.1. The van der Waals surface area contributed by atoms with Gasteiger partial charge in [0.15, 0.2) is 9.84 Å². The predicted octanol–water partition coefficient (Wildman–Crippen LogP) is -1.67. The molecular weight excluding hydrogens is 237 g/mol. The van der Waals surface area contributed by atoms with E-state index in [0.717, 1.165) is 0 Å². The van der Waals surface area contributed by atoms with Gasteiger partial charge in [0.1, 0.15) is 0 Å². The monoisotopic (exact) mass is 243 g/mol. The maximum absolute atomic E-state index is 11.2. The number of sulfone groups is 1. The summed E-state index contributed by atoms with van der Waals surface area (Å²) in [5, 5.41) is 0.241. The predicted molar refractivity (Wildman–Crippen MR) is 45.8 cm³/mol. The van der Waals surface area contributed by atoms with Crippen LogP contribution in [0.4, 0.5) is 0 Å². The Hall–Kier alpha value is 1.03. The molecule has 0 aromatic carbocycles. The van der Waals surface area contributed by atoms with Gasteiger partial charge in [-0.05, 0) is 4.90 Å². The number of hydrogen-bond acceptors (Lipinski definition) is 3. The van der Waals surface area contributed by atoms with E-state index in [-0.39, 0.29) is 67.2 Å². The maximum Gasteiger partial charge on any atom is 1.00 e. The number of nitrogens with zero attached hydrogens (tertiary/aromatic N) is 1. The molecule has 0 saturated carbocycles. The van der Waals surface area contributed by atoms with Gasteiger partial charge in [0, 0.05) is 10.9 Å². The van der Waals surface area contributed by atoms with Crippen LogP contribution in [0.1, 0.15) is 6.92 Å². The van der Waals surface area contributed by atoms with E-state index in [4.69, 9.17) is 11.6 Å². The van der Waals surface area contributed by atoms with Gasteiger partial charge in [-0.25, -0.2) is 8.42 Å². The van der Waals surface area contributed by atoms with E-state index in [1.807, 2.05) is 0 Å². The molecule has 0 amide bonds. The molecule has 0 N–H and O–H groups in total. The summed E-state index contributed by atoms with van der Waals surface area (Å²) in [6, 6.07) is 2.83. The minimum Gasteiger partial charge on any atom is -0.374 e. The second-order valence-electron chi connectivity index (χ2n) is 2.15. The van der Waals surface area contributed by atoms with Gasteiger partial charge in [0.2, 0.25) is 0 Å². The first-order valence-electron chi connectivity index (χ1n) is 3.33. The van der Waals surface area contributed by atoms with E-state index < -0.39 is 9.84 Å². The molecule has 0 bridgehead atoms. The van der Waals surface area contributed by atoms with Crippen LogP contribution in [0.3, 0.4) is 0 Å². The van der Waals surface area contributed by atoms with Crippen LogP contribution in [0.25, 0.3) is 0 Å². The number of rotatable bonds is 2. The van der Waals surface area contributed by atoms with Gasteiger partial charge in [-0.15, -0.1) is 23.7 Å². The molecule has 1 aromatic rings. The van der Waals surface area contributed by atoms with Crippen molar-refractivity contribution < 1.29 is 59.8 Å². The van der Waals surface area contributed by atoms with Gasteiger partial charge in [0.05, 0.1) is 0 Å². The number of aromatic nitrogens is 1. The van der Waals surface area contributed by atoms with Crippen LogP contribution in [-0.2, 0) is 9.84 Å². The van der Waals surface area contributed by atoms with Crippen LogP contribution in [-0.4, -0.2) is 19.2 Å². The molecule has 13 heavy (non-hydrogen) atoms. The molecule has 6 heteroatoms. The molecule has 1 aromatic heterocycles. The van der Waals surface area contributed by atoms with Crippen LogP contribution >= 0.6 is 11.6 Å². The second-order valence-corrected chi connectivity index (χ2v) is 4.78. The molecule has 0 aliphatic carbocycles. The Bertz CT molecular complexity index is 363. The Labute approximate surface area is 125 Å². The minimum absolute atomic E-state index is 0. The average molecular weight is 244 g/mol. The van der Waals surface area contributed by atoms with Crippen molar-refractivity contribution in [3.05, 3.63) is 23.5 Å². The first kappa shape index (κ1) is 14.0. The summed E-state index contributed by atoms with van der Waals surface area (Å²) in [7, 11) is -3.19. The first-order valence-corrected chi connectivity index (χ1v) is 5.36. The third-order valence-corrected chi connectivity index (χ3v) is 3.23. The van der Waals surface area contributed by atoms with Gasteiger partial charge in [-0.1, -0.05) is 13.1 Å². The van der Waals surface area contributed by atoms with Crippen molar-refractivity contribution >= 4 is 21.4 Å². The molecule has 0 fully saturated rings. The second kappa shape index (κ2) is 5.80. The number of pyridine rings is 1. The summed E-state index contributed by atoms with van der Waals surface area (Å²) in [5.41, 5.74) is 0. The zero-order chi connectivity index (χ0) is 9.19. The quantitative estimate of drug-likeness (QED) is 0.355. The van der Waals surface area contributed by atoms with E-state index in [1.165, 1.54) is 12.1 Å². The molecule has 0 aliphatic rings. The molecule has 0 saturated heterocycles. The van der Waals surface area contributed by atoms with Gasteiger partial charge >= 0.3 is 51.4 Å². The van der Waals surface area contributed by atoms with Crippen LogP contribution in [0.2, 0.25) is 5.15 Å². The summed E-state index contributed by atoms with van der Waals surface area (Å²) in [6.45, 7) is 1.57. The summed E-state index contributed by atoms with van der Waals surface area (Å²) >= 11 is 5.47. The Kier molecular flexibility index (Phi) is 6.26. The largest absolute Gasteiger partial charge is 1.00 e. The normalized spacial score (nSPS) is 10.6. The van der Waals surface area contributed by atoms with Crippen molar-refractivity contribution in [3.8, 4) is 0 Å². The van der Waals surface area contributed by atoms with E-state index in [1.54, 1.807) is 6.92 Å². The van der Waals surface area contributed by atoms with Gasteiger partial charge in [-0.3, -0.25) is 0 Å². The number of hydrogen-bond donors (Lipinski definition) is 0. The summed E-state index contributed by atoms with van der Waals surface area (Å²) in [5.74, 6) is 0.0484. The SMILES string of the molecule is CCS(=O)(=O)c1[c-]nc(Cl)cc1.[K+]. The van der Waals surface area contributed by atoms with Crippen molar-refractivity contribution in [1.82, 2.24) is 4.98 Å². The van der Waals surface area contributed by atoms with Crippen molar-refractivity contribution in [1.29, 1.82) is 0 Å². The molecule has 66 valence electrons. The third-order valence-electron chi connectivity index (χ3n) is 1.36. The van der Waals surface area contributed by atoms with Crippen molar-refractivity contribution in [2.75, 3.05) is 5.75 Å². The number of halogens is 1. The van der Waals surface area contributed by atoms with Crippen molar-refractivity contribution in [3.63, 3.8) is 0 Å². The van der Waals surface area contributed by atoms with Crippen LogP contribution in [0, 0.1) is 6.20 Å². The Morgan fingerprint density at radius 1 is 1.54 bits per heavy atom. The minimum atomic E-state index is -3.19. The first-order chi connectivity index (χ1) is 5.56. The van der Waals surface area contributed by atoms with Crippen molar-refractivity contribution in [2.24, 2.45) is 0 Å². The fraction of sp³-hybridized carbons (Fsp3) is 0.286. The van der Waals surface area contributed by atoms with E-state index in [2.05, 4.69) is 11.2 Å².